The van der Waals surface area contributed by atoms with E-state index in [9.17, 15) is 25.9 Å². The Morgan fingerprint density at radius 2 is 1.50 bits per heavy atom. The summed E-state index contributed by atoms with van der Waals surface area (Å²) in [5.41, 5.74) is 0. The van der Waals surface area contributed by atoms with Crippen LogP contribution in [0.25, 0.3) is 0 Å². The van der Waals surface area contributed by atoms with Gasteiger partial charge in [-0.15, -0.1) is 0 Å². The highest BCUT2D eigenvalue weighted by atomic mass is 32.3. The third-order valence-electron chi connectivity index (χ3n) is 4.34. The van der Waals surface area contributed by atoms with Crippen LogP contribution in [-0.2, 0) is 20.2 Å². The Morgan fingerprint density at radius 1 is 0.944 bits per heavy atom. The van der Waals surface area contributed by atoms with Gasteiger partial charge in [0.15, 0.2) is 0 Å². The van der Waals surface area contributed by atoms with E-state index in [1.165, 1.54) is 6.08 Å². The van der Waals surface area contributed by atoms with Crippen LogP contribution in [0.5, 0.6) is 0 Å². The molecule has 2 bridgehead atoms. The molecule has 18 heavy (non-hydrogen) atoms. The van der Waals surface area contributed by atoms with E-state index in [1.807, 2.05) is 6.08 Å². The number of allylic oxidation sites excluding steroid dienone is 3. The molecule has 0 aromatic heterocycles. The first kappa shape index (κ1) is 12.3. The molecular weight excluding hydrogens is 280 g/mol. The summed E-state index contributed by atoms with van der Waals surface area (Å²) in [7, 11) is -9.91. The molecule has 0 amide bonds. The van der Waals surface area contributed by atoms with Crippen LogP contribution >= 0.6 is 0 Å². The molecule has 1 saturated carbocycles. The zero-order chi connectivity index (χ0) is 13.3. The molecule has 0 radical (unpaired) electrons. The maximum absolute atomic E-state index is 11.6. The first-order chi connectivity index (χ1) is 8.18. The van der Waals surface area contributed by atoms with Crippen molar-refractivity contribution < 1.29 is 25.9 Å². The Morgan fingerprint density at radius 3 is 2.06 bits per heavy atom. The summed E-state index contributed by atoms with van der Waals surface area (Å²) < 4.78 is 62.3. The Bertz CT molecular complexity index is 624. The summed E-state index contributed by atoms with van der Waals surface area (Å²) in [4.78, 5) is 0. The number of hydrogen-bond acceptors (Lipinski definition) is 4. The number of fused-ring (bicyclic) bond motifs is 5. The molecule has 0 aromatic rings. The maximum atomic E-state index is 11.6. The van der Waals surface area contributed by atoms with E-state index >= 15 is 0 Å². The molecule has 8 heteroatoms. The lowest BCUT2D eigenvalue weighted by molar-refractivity contribution is 0.333. The Hall–Kier alpha value is -0.700. The summed E-state index contributed by atoms with van der Waals surface area (Å²) in [5.74, 6) is -1.26. The molecule has 1 fully saturated rings. The highest BCUT2D eigenvalue weighted by molar-refractivity contribution is 8.05. The van der Waals surface area contributed by atoms with Crippen molar-refractivity contribution in [3.8, 4) is 0 Å². The lowest BCUT2D eigenvalue weighted by Gasteiger charge is -2.32. The van der Waals surface area contributed by atoms with E-state index in [2.05, 4.69) is 0 Å². The van der Waals surface area contributed by atoms with Gasteiger partial charge in [0.05, 0.1) is 0 Å². The van der Waals surface area contributed by atoms with Gasteiger partial charge in [-0.25, -0.2) is 0 Å². The number of rotatable bonds is 2. The molecule has 0 saturated heterocycles. The van der Waals surface area contributed by atoms with Gasteiger partial charge in [0.25, 0.3) is 20.2 Å². The molecule has 2 N–H and O–H groups in total. The van der Waals surface area contributed by atoms with Crippen LogP contribution in [0, 0.1) is 23.7 Å². The minimum atomic E-state index is -4.96. The Labute approximate surface area is 105 Å². The van der Waals surface area contributed by atoms with Gasteiger partial charge in [0.2, 0.25) is 4.08 Å². The molecule has 0 spiro atoms. The molecule has 3 rings (SSSR count). The van der Waals surface area contributed by atoms with Crippen molar-refractivity contribution in [2.45, 2.75) is 10.5 Å². The first-order valence-corrected chi connectivity index (χ1v) is 8.38. The maximum Gasteiger partial charge on any atom is 0.291 e. The van der Waals surface area contributed by atoms with Crippen molar-refractivity contribution >= 4 is 20.2 Å². The predicted octanol–water partition coefficient (Wildman–Crippen LogP) is 0.466. The van der Waals surface area contributed by atoms with Crippen molar-refractivity contribution in [2.24, 2.45) is 23.7 Å². The minimum absolute atomic E-state index is 0.0848. The van der Waals surface area contributed by atoms with Gasteiger partial charge >= 0.3 is 0 Å². The fraction of sp³-hybridized carbons (Fsp3) is 0.600. The fourth-order valence-electron chi connectivity index (χ4n) is 3.69. The van der Waals surface area contributed by atoms with Crippen LogP contribution in [-0.4, -0.2) is 30.0 Å². The van der Waals surface area contributed by atoms with Gasteiger partial charge in [-0.2, -0.15) is 16.8 Å². The van der Waals surface area contributed by atoms with Crippen LogP contribution < -0.4 is 0 Å². The van der Waals surface area contributed by atoms with Crippen molar-refractivity contribution in [3.05, 3.63) is 24.3 Å². The molecule has 6 nitrogen and oxygen atoms in total. The van der Waals surface area contributed by atoms with Crippen LogP contribution in [0.4, 0.5) is 0 Å². The first-order valence-electron chi connectivity index (χ1n) is 5.50. The second-order valence-electron chi connectivity index (χ2n) is 5.08. The zero-order valence-electron chi connectivity index (χ0n) is 9.17. The third-order valence-corrected chi connectivity index (χ3v) is 8.03. The van der Waals surface area contributed by atoms with Gasteiger partial charge in [0, 0.05) is 5.92 Å². The molecule has 0 aliphatic heterocycles. The topological polar surface area (TPSA) is 109 Å². The van der Waals surface area contributed by atoms with Crippen LogP contribution in [0.1, 0.15) is 6.42 Å². The lowest BCUT2D eigenvalue weighted by Crippen LogP contribution is -2.51. The molecule has 3 aliphatic rings. The quantitative estimate of drug-likeness (QED) is 0.565. The molecular formula is C10H12O6S2. The van der Waals surface area contributed by atoms with Crippen LogP contribution in [0.2, 0.25) is 0 Å². The highest BCUT2D eigenvalue weighted by Gasteiger charge is 2.68. The Kier molecular flexibility index (Phi) is 2.22. The summed E-state index contributed by atoms with van der Waals surface area (Å²) >= 11 is 0. The predicted molar refractivity (Wildman–Crippen MR) is 62.7 cm³/mol. The largest absolute Gasteiger partial charge is 0.291 e. The normalized spacial score (nSPS) is 40.3. The van der Waals surface area contributed by atoms with Gasteiger partial charge in [-0.3, -0.25) is 9.11 Å². The average Bonchev–Trinajstić information content (AvgIpc) is 2.86. The second-order valence-corrected chi connectivity index (χ2v) is 8.59. The Balaban J connectivity index is 2.26. The molecule has 4 atom stereocenters. The van der Waals surface area contributed by atoms with E-state index < -0.39 is 30.2 Å². The molecule has 0 heterocycles. The summed E-state index contributed by atoms with van der Waals surface area (Å²) in [6.07, 6.45) is 6.77. The monoisotopic (exact) mass is 292 g/mol. The average molecular weight is 292 g/mol. The van der Waals surface area contributed by atoms with E-state index in [4.69, 9.17) is 0 Å². The van der Waals surface area contributed by atoms with Gasteiger partial charge in [-0.05, 0) is 30.3 Å². The SMILES string of the molecule is O=S(=O)(O)C1(S(=O)(=O)O)C=CC2C3C=CC(C3)C21. The van der Waals surface area contributed by atoms with E-state index in [1.54, 1.807) is 6.08 Å². The highest BCUT2D eigenvalue weighted by Crippen LogP contribution is 2.59. The smallest absolute Gasteiger partial charge is 0.284 e. The zero-order valence-corrected chi connectivity index (χ0v) is 10.8. The summed E-state index contributed by atoms with van der Waals surface area (Å²) in [5, 5.41) is 0. The summed E-state index contributed by atoms with van der Waals surface area (Å²) in [6, 6.07) is 0. The van der Waals surface area contributed by atoms with Crippen LogP contribution in [0.3, 0.4) is 0 Å². The standard InChI is InChI=1S/C10H12O6S2/c11-17(12,13)10(18(14,15)16)4-3-8-6-1-2-7(5-6)9(8)10/h1-4,6-9H,5H2,(H,11,12,13)(H,14,15,16). The molecule has 100 valence electrons. The van der Waals surface area contributed by atoms with Crippen molar-refractivity contribution in [3.63, 3.8) is 0 Å². The summed E-state index contributed by atoms with van der Waals surface area (Å²) in [6.45, 7) is 0. The second kappa shape index (κ2) is 3.24. The van der Waals surface area contributed by atoms with Gasteiger partial charge < -0.3 is 0 Å². The van der Waals surface area contributed by atoms with Crippen LogP contribution in [0.15, 0.2) is 24.3 Å². The van der Waals surface area contributed by atoms with E-state index in [-0.39, 0.29) is 17.8 Å². The molecule has 3 aliphatic carbocycles. The number of hydrogen-bond donors (Lipinski definition) is 2. The van der Waals surface area contributed by atoms with Gasteiger partial charge in [-0.1, -0.05) is 18.2 Å². The lowest BCUT2D eigenvalue weighted by atomic mass is 9.85. The molecule has 4 unspecified atom stereocenters. The third kappa shape index (κ3) is 1.24. The van der Waals surface area contributed by atoms with Crippen molar-refractivity contribution in [2.75, 3.05) is 0 Å². The van der Waals surface area contributed by atoms with Gasteiger partial charge in [0.1, 0.15) is 0 Å². The fourth-order valence-corrected chi connectivity index (χ4v) is 6.61. The van der Waals surface area contributed by atoms with E-state index in [0.717, 1.165) is 6.08 Å². The van der Waals surface area contributed by atoms with Crippen molar-refractivity contribution in [1.82, 2.24) is 0 Å². The molecule has 0 aromatic carbocycles. The van der Waals surface area contributed by atoms with Crippen molar-refractivity contribution in [1.29, 1.82) is 0 Å². The van der Waals surface area contributed by atoms with E-state index in [0.29, 0.717) is 6.42 Å². The minimum Gasteiger partial charge on any atom is -0.284 e.